The molecular weight excluding hydrogens is 428 g/mol. The van der Waals surface area contributed by atoms with Gasteiger partial charge in [-0.15, -0.1) is 0 Å². The van der Waals surface area contributed by atoms with E-state index in [-0.39, 0.29) is 41.9 Å². The summed E-state index contributed by atoms with van der Waals surface area (Å²) >= 11 is 0. The normalized spacial score (nSPS) is 21.2. The van der Waals surface area contributed by atoms with Crippen molar-refractivity contribution in [2.45, 2.75) is 112 Å². The van der Waals surface area contributed by atoms with Gasteiger partial charge in [0.1, 0.15) is 6.04 Å². The summed E-state index contributed by atoms with van der Waals surface area (Å²) in [7, 11) is 0. The largest absolute Gasteiger partial charge is 0.341 e. The van der Waals surface area contributed by atoms with Crippen molar-refractivity contribution in [1.29, 1.82) is 0 Å². The molecule has 2 saturated heterocycles. The van der Waals surface area contributed by atoms with Gasteiger partial charge < -0.3 is 20.0 Å². The van der Waals surface area contributed by atoms with E-state index in [1.165, 1.54) is 0 Å². The summed E-state index contributed by atoms with van der Waals surface area (Å²) in [4.78, 5) is 45.6. The van der Waals surface area contributed by atoms with Crippen molar-refractivity contribution in [3.63, 3.8) is 0 Å². The van der Waals surface area contributed by atoms with Crippen LogP contribution in [0.4, 0.5) is 0 Å². The molecule has 2 fully saturated rings. The average Bonchev–Trinajstić information content (AvgIpc) is 2.73. The first-order chi connectivity index (χ1) is 15.9. The molecule has 7 nitrogen and oxygen atoms in total. The molecule has 0 aromatic carbocycles. The molecule has 2 heterocycles. The van der Waals surface area contributed by atoms with E-state index in [1.807, 2.05) is 14.7 Å². The predicted octanol–water partition coefficient (Wildman–Crippen LogP) is 3.52. The Kier molecular flexibility index (Phi) is 10.8. The lowest BCUT2D eigenvalue weighted by atomic mass is 9.91. The van der Waals surface area contributed by atoms with Gasteiger partial charge in [0, 0.05) is 44.7 Å². The Morgan fingerprint density at radius 3 is 2.03 bits per heavy atom. The SMILES string of the molecule is CC(C)CC(C(=O)N1CCC(CC(=O)N(C(C)C)C(C)C)CC1)N1CCN[C@@H](CC(C)C)C1=O. The summed E-state index contributed by atoms with van der Waals surface area (Å²) in [5.74, 6) is 1.44. The van der Waals surface area contributed by atoms with E-state index >= 15 is 0 Å². The third-order valence-electron chi connectivity index (χ3n) is 7.18. The zero-order chi connectivity index (χ0) is 25.6. The van der Waals surface area contributed by atoms with Gasteiger partial charge >= 0.3 is 0 Å². The van der Waals surface area contributed by atoms with Crippen LogP contribution in [0, 0.1) is 17.8 Å². The van der Waals surface area contributed by atoms with E-state index in [1.54, 1.807) is 0 Å². The molecule has 0 saturated carbocycles. The van der Waals surface area contributed by atoms with E-state index in [9.17, 15) is 14.4 Å². The highest BCUT2D eigenvalue weighted by atomic mass is 16.2. The monoisotopic (exact) mass is 478 g/mol. The number of amides is 3. The lowest BCUT2D eigenvalue weighted by molar-refractivity contribution is -0.150. The number of nitrogens with zero attached hydrogens (tertiary/aromatic N) is 3. The highest BCUT2D eigenvalue weighted by molar-refractivity contribution is 5.90. The molecule has 0 aromatic heterocycles. The predicted molar refractivity (Wildman–Crippen MR) is 137 cm³/mol. The Labute approximate surface area is 208 Å². The average molecular weight is 479 g/mol. The third kappa shape index (κ3) is 7.69. The molecule has 7 heteroatoms. The fourth-order valence-electron chi connectivity index (χ4n) is 5.62. The van der Waals surface area contributed by atoms with Gasteiger partial charge in [-0.05, 0) is 71.1 Å². The zero-order valence-electron chi connectivity index (χ0n) is 23.0. The molecule has 0 radical (unpaired) electrons. The van der Waals surface area contributed by atoms with E-state index in [2.05, 4.69) is 60.7 Å². The smallest absolute Gasteiger partial charge is 0.245 e. The van der Waals surface area contributed by atoms with Crippen molar-refractivity contribution in [2.24, 2.45) is 17.8 Å². The summed E-state index contributed by atoms with van der Waals surface area (Å²) in [5.41, 5.74) is 0. The van der Waals surface area contributed by atoms with Crippen molar-refractivity contribution >= 4 is 17.7 Å². The number of piperidine rings is 1. The number of hydrogen-bond donors (Lipinski definition) is 1. The fourth-order valence-corrected chi connectivity index (χ4v) is 5.62. The maximum atomic E-state index is 13.7. The number of nitrogens with one attached hydrogen (secondary N) is 1. The number of hydrogen-bond acceptors (Lipinski definition) is 4. The van der Waals surface area contributed by atoms with Crippen LogP contribution in [0.1, 0.15) is 87.5 Å². The van der Waals surface area contributed by atoms with Crippen LogP contribution in [0.25, 0.3) is 0 Å². The molecule has 3 amide bonds. The Morgan fingerprint density at radius 2 is 1.53 bits per heavy atom. The van der Waals surface area contributed by atoms with E-state index in [0.717, 1.165) is 25.8 Å². The van der Waals surface area contributed by atoms with Gasteiger partial charge in [-0.1, -0.05) is 27.7 Å². The Hall–Kier alpha value is -1.63. The van der Waals surface area contributed by atoms with Crippen LogP contribution in [-0.2, 0) is 14.4 Å². The summed E-state index contributed by atoms with van der Waals surface area (Å²) in [5, 5.41) is 3.35. The molecule has 0 bridgehead atoms. The van der Waals surface area contributed by atoms with Crippen LogP contribution in [0.15, 0.2) is 0 Å². The minimum Gasteiger partial charge on any atom is -0.341 e. The van der Waals surface area contributed by atoms with Crippen molar-refractivity contribution in [2.75, 3.05) is 26.2 Å². The second-order valence-electron chi connectivity index (χ2n) is 11.8. The highest BCUT2D eigenvalue weighted by Crippen LogP contribution is 2.26. The van der Waals surface area contributed by atoms with Gasteiger partial charge in [0.2, 0.25) is 17.7 Å². The van der Waals surface area contributed by atoms with Crippen LogP contribution in [0.3, 0.4) is 0 Å². The maximum absolute atomic E-state index is 13.7. The van der Waals surface area contributed by atoms with E-state index < -0.39 is 0 Å². The Morgan fingerprint density at radius 1 is 0.941 bits per heavy atom. The molecule has 0 aromatic rings. The van der Waals surface area contributed by atoms with Gasteiger partial charge in [-0.25, -0.2) is 0 Å². The Bertz CT molecular complexity index is 675. The minimum absolute atomic E-state index is 0.0712. The van der Waals surface area contributed by atoms with Crippen molar-refractivity contribution < 1.29 is 14.4 Å². The van der Waals surface area contributed by atoms with Gasteiger partial charge in [-0.2, -0.15) is 0 Å². The summed E-state index contributed by atoms with van der Waals surface area (Å²) in [6, 6.07) is -0.193. The standard InChI is InChI=1S/C27H50N4O3/c1-18(2)15-23-26(33)30(14-11-28-23)24(16-19(3)4)27(34)29-12-9-22(10-13-29)17-25(32)31(20(5)6)21(7)8/h18-24,28H,9-17H2,1-8H3/t23-,24?/m0/s1. The number of rotatable bonds is 10. The number of likely N-dealkylation sites (tertiary alicyclic amines) is 1. The molecule has 1 N–H and O–H groups in total. The van der Waals surface area contributed by atoms with Crippen molar-refractivity contribution in [3.05, 3.63) is 0 Å². The van der Waals surface area contributed by atoms with Crippen LogP contribution in [0.5, 0.6) is 0 Å². The fraction of sp³-hybridized carbons (Fsp3) is 0.889. The van der Waals surface area contributed by atoms with Crippen LogP contribution in [-0.4, -0.2) is 82.8 Å². The molecule has 2 aliphatic heterocycles. The van der Waals surface area contributed by atoms with Crippen molar-refractivity contribution in [1.82, 2.24) is 20.0 Å². The molecule has 2 atom stereocenters. The number of piperazine rings is 1. The zero-order valence-corrected chi connectivity index (χ0v) is 23.0. The highest BCUT2D eigenvalue weighted by Gasteiger charge is 2.39. The molecule has 196 valence electrons. The molecule has 34 heavy (non-hydrogen) atoms. The van der Waals surface area contributed by atoms with Gasteiger partial charge in [0.15, 0.2) is 0 Å². The van der Waals surface area contributed by atoms with Gasteiger partial charge in [0.25, 0.3) is 0 Å². The minimum atomic E-state index is -0.389. The van der Waals surface area contributed by atoms with Crippen LogP contribution >= 0.6 is 0 Å². The molecule has 2 rings (SSSR count). The summed E-state index contributed by atoms with van der Waals surface area (Å²) in [6.07, 6.45) is 3.74. The van der Waals surface area contributed by atoms with E-state index in [4.69, 9.17) is 0 Å². The lowest BCUT2D eigenvalue weighted by Gasteiger charge is -2.42. The van der Waals surface area contributed by atoms with Gasteiger partial charge in [-0.3, -0.25) is 14.4 Å². The molecule has 1 unspecified atom stereocenters. The maximum Gasteiger partial charge on any atom is 0.245 e. The topological polar surface area (TPSA) is 73.0 Å². The third-order valence-corrected chi connectivity index (χ3v) is 7.18. The summed E-state index contributed by atoms with van der Waals surface area (Å²) < 4.78 is 0. The van der Waals surface area contributed by atoms with Crippen LogP contribution in [0.2, 0.25) is 0 Å². The number of carbonyl (C=O) groups is 3. The first-order valence-electron chi connectivity index (χ1n) is 13.6. The Balaban J connectivity index is 2.02. The van der Waals surface area contributed by atoms with Crippen molar-refractivity contribution in [3.8, 4) is 0 Å². The number of carbonyl (C=O) groups excluding carboxylic acids is 3. The molecule has 2 aliphatic rings. The molecule has 0 aliphatic carbocycles. The molecular formula is C27H50N4O3. The summed E-state index contributed by atoms with van der Waals surface area (Å²) in [6.45, 7) is 19.4. The quantitative estimate of drug-likeness (QED) is 0.521. The second-order valence-corrected chi connectivity index (χ2v) is 11.8. The molecule has 0 spiro atoms. The first-order valence-corrected chi connectivity index (χ1v) is 13.6. The first kappa shape index (κ1) is 28.6. The van der Waals surface area contributed by atoms with Gasteiger partial charge in [0.05, 0.1) is 6.04 Å². The second kappa shape index (κ2) is 12.9. The lowest BCUT2D eigenvalue weighted by Crippen LogP contribution is -2.62. The van der Waals surface area contributed by atoms with Crippen LogP contribution < -0.4 is 5.32 Å². The van der Waals surface area contributed by atoms with E-state index in [0.29, 0.717) is 50.2 Å².